The number of fused-ring (bicyclic) bond motifs is 1. The Labute approximate surface area is 174 Å². The molecule has 3 aromatic rings. The van der Waals surface area contributed by atoms with E-state index in [4.69, 9.17) is 0 Å². The normalized spacial score (nSPS) is 12.1. The molecular formula is C19H20N4O4S2. The van der Waals surface area contributed by atoms with Gasteiger partial charge in [0.1, 0.15) is 10.7 Å². The summed E-state index contributed by atoms with van der Waals surface area (Å²) >= 11 is 2.80. The monoisotopic (exact) mass is 432 g/mol. The third-order valence-corrected chi connectivity index (χ3v) is 6.86. The third kappa shape index (κ3) is 4.48. The smallest absolute Gasteiger partial charge is 0.274 e. The number of hydrogen-bond acceptors (Lipinski definition) is 7. The topological polar surface area (TPSA) is 118 Å². The summed E-state index contributed by atoms with van der Waals surface area (Å²) in [6.07, 6.45) is 0. The first-order valence-electron chi connectivity index (χ1n) is 8.83. The van der Waals surface area contributed by atoms with Gasteiger partial charge < -0.3 is 10.3 Å². The first-order chi connectivity index (χ1) is 13.7. The minimum absolute atomic E-state index is 0.0419. The van der Waals surface area contributed by atoms with Crippen LogP contribution in [-0.4, -0.2) is 26.0 Å². The lowest BCUT2D eigenvalue weighted by Gasteiger charge is -2.12. The molecule has 3 rings (SSSR count). The summed E-state index contributed by atoms with van der Waals surface area (Å²) in [5.74, 6) is 0.600. The molecular weight excluding hydrogens is 412 g/mol. The van der Waals surface area contributed by atoms with Crippen LogP contribution >= 0.6 is 23.1 Å². The van der Waals surface area contributed by atoms with Gasteiger partial charge in [-0.25, -0.2) is 4.98 Å². The summed E-state index contributed by atoms with van der Waals surface area (Å²) in [6, 6.07) is 4.57. The van der Waals surface area contributed by atoms with Crippen molar-refractivity contribution in [3.63, 3.8) is 0 Å². The fourth-order valence-corrected chi connectivity index (χ4v) is 4.58. The minimum Gasteiger partial charge on any atom is -0.325 e. The van der Waals surface area contributed by atoms with Crippen molar-refractivity contribution in [2.24, 2.45) is 0 Å². The van der Waals surface area contributed by atoms with Gasteiger partial charge in [-0.2, -0.15) is 0 Å². The maximum Gasteiger partial charge on any atom is 0.274 e. The molecule has 0 aliphatic heterocycles. The minimum atomic E-state index is -0.477. The largest absolute Gasteiger partial charge is 0.325 e. The van der Waals surface area contributed by atoms with Crippen molar-refractivity contribution >= 4 is 50.6 Å². The van der Waals surface area contributed by atoms with Crippen LogP contribution in [0.25, 0.3) is 10.2 Å². The van der Waals surface area contributed by atoms with Gasteiger partial charge >= 0.3 is 0 Å². The first kappa shape index (κ1) is 21.0. The van der Waals surface area contributed by atoms with Crippen molar-refractivity contribution in [2.45, 2.75) is 38.7 Å². The maximum atomic E-state index is 12.4. The molecule has 0 bridgehead atoms. The Kier molecular flexibility index (Phi) is 6.04. The number of thioether (sulfide) groups is 1. The fraction of sp³-hybridized carbons (Fsp3) is 0.316. The quantitative estimate of drug-likeness (QED) is 0.448. The molecule has 152 valence electrons. The van der Waals surface area contributed by atoms with Gasteiger partial charge in [0.05, 0.1) is 21.3 Å². The number of amides is 1. The third-order valence-electron chi connectivity index (χ3n) is 4.60. The number of hydrogen-bond donors (Lipinski definition) is 2. The molecule has 10 heteroatoms. The van der Waals surface area contributed by atoms with Gasteiger partial charge in [0.15, 0.2) is 0 Å². The summed E-state index contributed by atoms with van der Waals surface area (Å²) in [5.41, 5.74) is 1.63. The molecule has 1 amide bonds. The highest BCUT2D eigenvalue weighted by Gasteiger charge is 2.18. The predicted octanol–water partition coefficient (Wildman–Crippen LogP) is 4.08. The van der Waals surface area contributed by atoms with E-state index in [0.29, 0.717) is 33.0 Å². The first-order valence-corrected chi connectivity index (χ1v) is 10.7. The molecule has 0 aliphatic carbocycles. The van der Waals surface area contributed by atoms with E-state index < -0.39 is 10.2 Å². The zero-order chi connectivity index (χ0) is 21.3. The van der Waals surface area contributed by atoms with Crippen LogP contribution in [0.3, 0.4) is 0 Å². The number of rotatable bonds is 6. The van der Waals surface area contributed by atoms with Crippen LogP contribution in [0.15, 0.2) is 23.0 Å². The SMILES string of the molecule is Cc1ccc(NC(=O)C(C)SCc2nc3sc(C)c(C)c3c(=O)[nH]2)cc1[N+](=O)[O-]. The number of H-pyrrole nitrogens is 1. The number of nitro benzene ring substituents is 1. The van der Waals surface area contributed by atoms with Crippen LogP contribution in [-0.2, 0) is 10.5 Å². The number of aromatic nitrogens is 2. The number of aryl methyl sites for hydroxylation is 3. The van der Waals surface area contributed by atoms with Crippen molar-refractivity contribution in [3.05, 3.63) is 60.5 Å². The van der Waals surface area contributed by atoms with Gasteiger partial charge in [-0.15, -0.1) is 23.1 Å². The number of thiophene rings is 1. The van der Waals surface area contributed by atoms with Crippen LogP contribution in [0.4, 0.5) is 11.4 Å². The van der Waals surface area contributed by atoms with E-state index in [2.05, 4.69) is 15.3 Å². The van der Waals surface area contributed by atoms with E-state index in [-0.39, 0.29) is 17.2 Å². The summed E-state index contributed by atoms with van der Waals surface area (Å²) < 4.78 is 0. The Balaban J connectivity index is 1.68. The zero-order valence-electron chi connectivity index (χ0n) is 16.4. The molecule has 0 saturated carbocycles. The number of carbonyl (C=O) groups excluding carboxylic acids is 1. The summed E-state index contributed by atoms with van der Waals surface area (Å²) in [4.78, 5) is 44.4. The molecule has 1 unspecified atom stereocenters. The number of nitrogens with one attached hydrogen (secondary N) is 2. The second-order valence-electron chi connectivity index (χ2n) is 6.68. The van der Waals surface area contributed by atoms with E-state index in [1.165, 1.54) is 29.2 Å². The molecule has 2 N–H and O–H groups in total. The number of nitro groups is 1. The Morgan fingerprint density at radius 2 is 2.10 bits per heavy atom. The Morgan fingerprint density at radius 1 is 1.38 bits per heavy atom. The lowest BCUT2D eigenvalue weighted by atomic mass is 10.2. The molecule has 1 atom stereocenters. The van der Waals surface area contributed by atoms with Gasteiger partial charge in [-0.05, 0) is 39.3 Å². The lowest BCUT2D eigenvalue weighted by molar-refractivity contribution is -0.385. The summed E-state index contributed by atoms with van der Waals surface area (Å²) in [5, 5.41) is 13.9. The molecule has 2 heterocycles. The summed E-state index contributed by atoms with van der Waals surface area (Å²) in [6.45, 7) is 7.24. The van der Waals surface area contributed by atoms with Gasteiger partial charge in [0.25, 0.3) is 11.2 Å². The highest BCUT2D eigenvalue weighted by molar-refractivity contribution is 7.99. The molecule has 0 aliphatic rings. The second-order valence-corrected chi connectivity index (χ2v) is 9.21. The molecule has 2 aromatic heterocycles. The molecule has 0 spiro atoms. The number of nitrogens with zero attached hydrogens (tertiary/aromatic N) is 2. The van der Waals surface area contributed by atoms with Crippen LogP contribution in [0.2, 0.25) is 0 Å². The molecule has 0 radical (unpaired) electrons. The molecule has 0 fully saturated rings. The Morgan fingerprint density at radius 3 is 2.79 bits per heavy atom. The van der Waals surface area contributed by atoms with Crippen LogP contribution in [0.5, 0.6) is 0 Å². The van der Waals surface area contributed by atoms with E-state index in [1.807, 2.05) is 13.8 Å². The van der Waals surface area contributed by atoms with Gasteiger partial charge in [-0.3, -0.25) is 19.7 Å². The highest BCUT2D eigenvalue weighted by atomic mass is 32.2. The predicted molar refractivity (Wildman–Crippen MR) is 117 cm³/mol. The summed E-state index contributed by atoms with van der Waals surface area (Å²) in [7, 11) is 0. The van der Waals surface area contributed by atoms with Crippen molar-refractivity contribution < 1.29 is 9.72 Å². The van der Waals surface area contributed by atoms with Crippen molar-refractivity contribution in [1.29, 1.82) is 0 Å². The molecule has 8 nitrogen and oxygen atoms in total. The van der Waals surface area contributed by atoms with Crippen molar-refractivity contribution in [2.75, 3.05) is 5.32 Å². The standard InChI is InChI=1S/C19H20N4O4S2/c1-9-5-6-13(7-14(9)23(26)27)20-17(24)12(4)28-8-15-21-18(25)16-10(2)11(3)29-19(16)22-15/h5-7,12H,8H2,1-4H3,(H,20,24)(H,21,22,25). The van der Waals surface area contributed by atoms with E-state index in [9.17, 15) is 19.7 Å². The molecule has 0 saturated heterocycles. The average molecular weight is 433 g/mol. The van der Waals surface area contributed by atoms with Gasteiger partial charge in [0, 0.05) is 22.2 Å². The molecule has 1 aromatic carbocycles. The zero-order valence-corrected chi connectivity index (χ0v) is 18.0. The number of aromatic amines is 1. The Bertz CT molecular complexity index is 1170. The van der Waals surface area contributed by atoms with E-state index >= 15 is 0 Å². The van der Waals surface area contributed by atoms with Crippen LogP contribution in [0, 0.1) is 30.9 Å². The maximum absolute atomic E-state index is 12.4. The molecule has 29 heavy (non-hydrogen) atoms. The number of carbonyl (C=O) groups is 1. The van der Waals surface area contributed by atoms with Crippen molar-refractivity contribution in [1.82, 2.24) is 9.97 Å². The Hall–Kier alpha value is -2.72. The fourth-order valence-electron chi connectivity index (χ4n) is 2.77. The van der Waals surface area contributed by atoms with E-state index in [1.54, 1.807) is 26.0 Å². The van der Waals surface area contributed by atoms with E-state index in [0.717, 1.165) is 10.4 Å². The number of benzene rings is 1. The lowest BCUT2D eigenvalue weighted by Crippen LogP contribution is -2.23. The highest BCUT2D eigenvalue weighted by Crippen LogP contribution is 2.27. The van der Waals surface area contributed by atoms with Crippen LogP contribution in [0.1, 0.15) is 28.8 Å². The van der Waals surface area contributed by atoms with Gasteiger partial charge in [-0.1, -0.05) is 6.07 Å². The number of anilines is 1. The van der Waals surface area contributed by atoms with Crippen molar-refractivity contribution in [3.8, 4) is 0 Å². The van der Waals surface area contributed by atoms with Crippen LogP contribution < -0.4 is 10.9 Å². The average Bonchev–Trinajstić information content (AvgIpc) is 2.95. The second kappa shape index (κ2) is 8.34. The van der Waals surface area contributed by atoms with Gasteiger partial charge in [0.2, 0.25) is 5.91 Å².